The van der Waals surface area contributed by atoms with Gasteiger partial charge in [0.05, 0.1) is 0 Å². The second-order valence-electron chi connectivity index (χ2n) is 4.63. The maximum Gasteiger partial charge on any atom is 0.573 e. The molecule has 0 spiro atoms. The fraction of sp³-hybridized carbons (Fsp3) is 0.188. The fourth-order valence-corrected chi connectivity index (χ4v) is 2.15. The summed E-state index contributed by atoms with van der Waals surface area (Å²) in [4.78, 5) is 11.4. The van der Waals surface area contributed by atoms with Crippen LogP contribution in [0, 0.1) is 6.92 Å². The Morgan fingerprint density at radius 3 is 2.33 bits per heavy atom. The van der Waals surface area contributed by atoms with Gasteiger partial charge in [0, 0.05) is 11.1 Å². The smallest absolute Gasteiger partial charge is 0.405 e. The van der Waals surface area contributed by atoms with Crippen molar-refractivity contribution >= 4 is 5.78 Å². The highest BCUT2D eigenvalue weighted by Gasteiger charge is 2.32. The summed E-state index contributed by atoms with van der Waals surface area (Å²) < 4.78 is 41.3. The summed E-state index contributed by atoms with van der Waals surface area (Å²) in [6.45, 7) is 3.19. The van der Waals surface area contributed by atoms with Crippen molar-refractivity contribution in [3.8, 4) is 16.9 Å². The zero-order chi connectivity index (χ0) is 15.6. The number of para-hydroxylation sites is 1. The van der Waals surface area contributed by atoms with Crippen molar-refractivity contribution in [2.45, 2.75) is 20.2 Å². The number of ketones is 1. The number of rotatable bonds is 3. The van der Waals surface area contributed by atoms with Crippen LogP contribution in [0.4, 0.5) is 13.2 Å². The Kier molecular flexibility index (Phi) is 4.02. The number of benzene rings is 2. The summed E-state index contributed by atoms with van der Waals surface area (Å²) in [5.74, 6) is -0.348. The SMILES string of the molecule is CC(=O)c1ccc(-c2ccccc2OC(F)(F)F)cc1C. The number of alkyl halides is 3. The van der Waals surface area contributed by atoms with Crippen LogP contribution in [0.3, 0.4) is 0 Å². The van der Waals surface area contributed by atoms with Crippen LogP contribution in [0.2, 0.25) is 0 Å². The van der Waals surface area contributed by atoms with Crippen molar-refractivity contribution < 1.29 is 22.7 Å². The van der Waals surface area contributed by atoms with Gasteiger partial charge in [0.1, 0.15) is 5.75 Å². The lowest BCUT2D eigenvalue weighted by molar-refractivity contribution is -0.274. The molecule has 2 aromatic carbocycles. The first-order valence-corrected chi connectivity index (χ1v) is 6.24. The van der Waals surface area contributed by atoms with Crippen LogP contribution < -0.4 is 4.74 Å². The molecule has 21 heavy (non-hydrogen) atoms. The zero-order valence-electron chi connectivity index (χ0n) is 11.5. The molecule has 0 amide bonds. The molecule has 0 N–H and O–H groups in total. The third-order valence-corrected chi connectivity index (χ3v) is 3.03. The summed E-state index contributed by atoms with van der Waals surface area (Å²) in [6.07, 6.45) is -4.75. The first-order valence-electron chi connectivity index (χ1n) is 6.24. The molecule has 0 unspecified atom stereocenters. The molecule has 0 aromatic heterocycles. The Balaban J connectivity index is 2.47. The number of carbonyl (C=O) groups excluding carboxylic acids is 1. The van der Waals surface area contributed by atoms with E-state index in [0.29, 0.717) is 22.3 Å². The van der Waals surface area contributed by atoms with E-state index in [1.807, 2.05) is 0 Å². The minimum atomic E-state index is -4.75. The van der Waals surface area contributed by atoms with Gasteiger partial charge >= 0.3 is 6.36 Å². The molecule has 2 nitrogen and oxygen atoms in total. The average molecular weight is 294 g/mol. The number of Topliss-reactive ketones (excluding diaryl/α,β-unsaturated/α-hetero) is 1. The molecule has 5 heteroatoms. The fourth-order valence-electron chi connectivity index (χ4n) is 2.15. The monoisotopic (exact) mass is 294 g/mol. The molecule has 0 fully saturated rings. The van der Waals surface area contributed by atoms with Crippen molar-refractivity contribution in [1.82, 2.24) is 0 Å². The molecule has 0 aliphatic heterocycles. The van der Waals surface area contributed by atoms with Crippen molar-refractivity contribution in [2.75, 3.05) is 0 Å². The van der Waals surface area contributed by atoms with E-state index in [0.717, 1.165) is 0 Å². The molecule has 0 bridgehead atoms. The summed E-state index contributed by atoms with van der Waals surface area (Å²) in [5.41, 5.74) is 2.15. The van der Waals surface area contributed by atoms with E-state index in [9.17, 15) is 18.0 Å². The molecule has 0 aliphatic carbocycles. The molecule has 2 aromatic rings. The van der Waals surface area contributed by atoms with Gasteiger partial charge < -0.3 is 4.74 Å². The standard InChI is InChI=1S/C16H13F3O2/c1-10-9-12(7-8-13(10)11(2)20)14-5-3-4-6-15(14)21-16(17,18)19/h3-9H,1-2H3. The van der Waals surface area contributed by atoms with E-state index in [1.54, 1.807) is 37.3 Å². The lowest BCUT2D eigenvalue weighted by Crippen LogP contribution is -2.17. The van der Waals surface area contributed by atoms with E-state index < -0.39 is 6.36 Å². The van der Waals surface area contributed by atoms with Crippen LogP contribution in [0.15, 0.2) is 42.5 Å². The Morgan fingerprint density at radius 2 is 1.76 bits per heavy atom. The zero-order valence-corrected chi connectivity index (χ0v) is 11.5. The van der Waals surface area contributed by atoms with Crippen molar-refractivity contribution in [1.29, 1.82) is 0 Å². The van der Waals surface area contributed by atoms with E-state index in [-0.39, 0.29) is 11.5 Å². The van der Waals surface area contributed by atoms with Crippen LogP contribution in [0.5, 0.6) is 5.75 Å². The first kappa shape index (κ1) is 15.1. The van der Waals surface area contributed by atoms with Gasteiger partial charge in [0.2, 0.25) is 0 Å². The highest BCUT2D eigenvalue weighted by Crippen LogP contribution is 2.34. The predicted octanol–water partition coefficient (Wildman–Crippen LogP) is 4.76. The summed E-state index contributed by atoms with van der Waals surface area (Å²) in [5, 5.41) is 0. The van der Waals surface area contributed by atoms with Gasteiger partial charge in [-0.1, -0.05) is 36.4 Å². The molecule has 0 atom stereocenters. The number of halogens is 3. The minimum absolute atomic E-state index is 0.0844. The Hall–Kier alpha value is -2.30. The highest BCUT2D eigenvalue weighted by molar-refractivity contribution is 5.96. The molecule has 2 rings (SSSR count). The maximum atomic E-state index is 12.4. The van der Waals surface area contributed by atoms with Gasteiger partial charge in [-0.2, -0.15) is 0 Å². The molecule has 0 radical (unpaired) electrons. The van der Waals surface area contributed by atoms with Crippen LogP contribution in [0.1, 0.15) is 22.8 Å². The lowest BCUT2D eigenvalue weighted by Gasteiger charge is -2.14. The van der Waals surface area contributed by atoms with Gasteiger partial charge in [0.15, 0.2) is 5.78 Å². The number of ether oxygens (including phenoxy) is 1. The normalized spacial score (nSPS) is 11.3. The molecule has 0 aliphatic rings. The topological polar surface area (TPSA) is 26.3 Å². The van der Waals surface area contributed by atoms with E-state index >= 15 is 0 Å². The highest BCUT2D eigenvalue weighted by atomic mass is 19.4. The molecule has 0 saturated carbocycles. The van der Waals surface area contributed by atoms with Crippen molar-refractivity contribution in [2.24, 2.45) is 0 Å². The van der Waals surface area contributed by atoms with Gasteiger partial charge in [-0.25, -0.2) is 0 Å². The van der Waals surface area contributed by atoms with E-state index in [4.69, 9.17) is 0 Å². The van der Waals surface area contributed by atoms with Gasteiger partial charge in [-0.05, 0) is 31.0 Å². The molecule has 110 valence electrons. The van der Waals surface area contributed by atoms with Crippen molar-refractivity contribution in [3.05, 3.63) is 53.6 Å². The second kappa shape index (κ2) is 5.60. The van der Waals surface area contributed by atoms with Gasteiger partial charge in [-0.3, -0.25) is 4.79 Å². The second-order valence-corrected chi connectivity index (χ2v) is 4.63. The third-order valence-electron chi connectivity index (χ3n) is 3.03. The van der Waals surface area contributed by atoms with Crippen LogP contribution in [0.25, 0.3) is 11.1 Å². The van der Waals surface area contributed by atoms with Crippen molar-refractivity contribution in [3.63, 3.8) is 0 Å². The summed E-state index contributed by atoms with van der Waals surface area (Å²) >= 11 is 0. The summed E-state index contributed by atoms with van der Waals surface area (Å²) in [7, 11) is 0. The average Bonchev–Trinajstić information content (AvgIpc) is 2.36. The summed E-state index contributed by atoms with van der Waals surface area (Å²) in [6, 6.07) is 10.8. The molecular weight excluding hydrogens is 281 g/mol. The molecule has 0 saturated heterocycles. The van der Waals surface area contributed by atoms with Gasteiger partial charge in [-0.15, -0.1) is 13.2 Å². The van der Waals surface area contributed by atoms with Crippen LogP contribution in [-0.2, 0) is 0 Å². The Labute approximate surface area is 120 Å². The molecule has 0 heterocycles. The Bertz CT molecular complexity index is 675. The van der Waals surface area contributed by atoms with E-state index in [2.05, 4.69) is 4.74 Å². The number of hydrogen-bond acceptors (Lipinski definition) is 2. The maximum absolute atomic E-state index is 12.4. The van der Waals surface area contributed by atoms with Crippen LogP contribution >= 0.6 is 0 Å². The van der Waals surface area contributed by atoms with Gasteiger partial charge in [0.25, 0.3) is 0 Å². The van der Waals surface area contributed by atoms with E-state index in [1.165, 1.54) is 19.1 Å². The molecular formula is C16H13F3O2. The Morgan fingerprint density at radius 1 is 1.10 bits per heavy atom. The quantitative estimate of drug-likeness (QED) is 0.763. The largest absolute Gasteiger partial charge is 0.573 e. The van der Waals surface area contributed by atoms with Crippen LogP contribution in [-0.4, -0.2) is 12.1 Å². The minimum Gasteiger partial charge on any atom is -0.405 e. The number of hydrogen-bond donors (Lipinski definition) is 0. The number of aryl methyl sites for hydroxylation is 1. The number of carbonyl (C=O) groups is 1. The third kappa shape index (κ3) is 3.62. The first-order chi connectivity index (χ1) is 9.78. The lowest BCUT2D eigenvalue weighted by atomic mass is 9.98. The predicted molar refractivity (Wildman–Crippen MR) is 73.3 cm³/mol.